The van der Waals surface area contributed by atoms with Crippen molar-refractivity contribution in [1.82, 2.24) is 19.9 Å². The summed E-state index contributed by atoms with van der Waals surface area (Å²) < 4.78 is 44.9. The van der Waals surface area contributed by atoms with Gasteiger partial charge in [-0.1, -0.05) is 0 Å². The van der Waals surface area contributed by atoms with Gasteiger partial charge in [0.15, 0.2) is 5.69 Å². The molecule has 0 saturated heterocycles. The van der Waals surface area contributed by atoms with Gasteiger partial charge in [-0.05, 0) is 43.2 Å². The van der Waals surface area contributed by atoms with Gasteiger partial charge in [-0.3, -0.25) is 0 Å². The average molecular weight is 413 g/mol. The molecule has 1 aromatic carbocycles. The quantitative estimate of drug-likeness (QED) is 0.661. The fourth-order valence-corrected chi connectivity index (χ4v) is 2.82. The highest BCUT2D eigenvalue weighted by Gasteiger charge is 2.36. The number of anilines is 2. The number of ether oxygens (including phenoxy) is 1. The van der Waals surface area contributed by atoms with E-state index in [-0.39, 0.29) is 40.7 Å². The summed E-state index contributed by atoms with van der Waals surface area (Å²) in [6.07, 6.45) is -3.03. The number of nitrogens with zero attached hydrogens (tertiary/aromatic N) is 5. The molecule has 0 amide bonds. The molecule has 1 aliphatic rings. The second kappa shape index (κ2) is 7.14. The molecule has 0 spiro atoms. The van der Waals surface area contributed by atoms with Gasteiger partial charge in [-0.15, -0.1) is 0 Å². The third-order valence-corrected chi connectivity index (χ3v) is 4.41. The first-order chi connectivity index (χ1) is 14.2. The molecule has 0 bridgehead atoms. The molecular weight excluding hydrogens is 399 g/mol. The van der Waals surface area contributed by atoms with Crippen molar-refractivity contribution in [3.8, 4) is 29.1 Å². The minimum Gasteiger partial charge on any atom is -0.424 e. The minimum atomic E-state index is -4.60. The molecule has 152 valence electrons. The number of benzene rings is 1. The number of aromatic nitrogens is 4. The number of hydrogen-bond donors (Lipinski definition) is 2. The first kappa shape index (κ1) is 19.4. The van der Waals surface area contributed by atoms with E-state index < -0.39 is 11.9 Å². The van der Waals surface area contributed by atoms with Crippen molar-refractivity contribution >= 4 is 11.8 Å². The maximum Gasteiger partial charge on any atom is 0.433 e. The van der Waals surface area contributed by atoms with Crippen LogP contribution in [0.5, 0.6) is 11.8 Å². The predicted octanol–water partition coefficient (Wildman–Crippen LogP) is 3.66. The Bertz CT molecular complexity index is 1150. The summed E-state index contributed by atoms with van der Waals surface area (Å²) in [7, 11) is 0. The van der Waals surface area contributed by atoms with Crippen LogP contribution in [0, 0.1) is 11.3 Å². The molecule has 0 aliphatic heterocycles. The SMILES string of the molecule is N#Cc1c(N)nc(N)nc1-c1ccc(Oc2nc(C3CC3)cc(C(F)(F)F)n2)cc1. The zero-order valence-electron chi connectivity index (χ0n) is 15.3. The maximum absolute atomic E-state index is 13.1. The zero-order valence-corrected chi connectivity index (χ0v) is 15.3. The Morgan fingerprint density at radius 1 is 1.03 bits per heavy atom. The van der Waals surface area contributed by atoms with Crippen molar-refractivity contribution in [1.29, 1.82) is 5.26 Å². The van der Waals surface area contributed by atoms with Gasteiger partial charge in [0, 0.05) is 11.5 Å². The Hall–Kier alpha value is -3.94. The van der Waals surface area contributed by atoms with Crippen molar-refractivity contribution in [3.05, 3.63) is 47.3 Å². The number of nitrogens with two attached hydrogens (primary N) is 2. The lowest BCUT2D eigenvalue weighted by Crippen LogP contribution is -2.11. The number of nitrogen functional groups attached to an aromatic ring is 2. The van der Waals surface area contributed by atoms with Gasteiger partial charge >= 0.3 is 12.2 Å². The van der Waals surface area contributed by atoms with Crippen molar-refractivity contribution in [2.45, 2.75) is 24.9 Å². The molecule has 0 radical (unpaired) electrons. The summed E-state index contributed by atoms with van der Waals surface area (Å²) in [4.78, 5) is 15.4. The third kappa shape index (κ3) is 3.93. The Morgan fingerprint density at radius 3 is 2.33 bits per heavy atom. The molecule has 11 heteroatoms. The van der Waals surface area contributed by atoms with Crippen molar-refractivity contribution in [2.75, 3.05) is 11.5 Å². The van der Waals surface area contributed by atoms with Gasteiger partial charge in [-0.25, -0.2) is 4.98 Å². The molecule has 1 saturated carbocycles. The summed E-state index contributed by atoms with van der Waals surface area (Å²) in [6.45, 7) is 0. The molecule has 0 unspecified atom stereocenters. The largest absolute Gasteiger partial charge is 0.433 e. The normalized spacial score (nSPS) is 13.7. The van der Waals surface area contributed by atoms with Crippen molar-refractivity contribution in [2.24, 2.45) is 0 Å². The monoisotopic (exact) mass is 413 g/mol. The molecule has 1 aliphatic carbocycles. The lowest BCUT2D eigenvalue weighted by Gasteiger charge is -2.11. The van der Waals surface area contributed by atoms with Gasteiger partial charge in [0.05, 0.1) is 11.4 Å². The van der Waals surface area contributed by atoms with Crippen LogP contribution in [-0.4, -0.2) is 19.9 Å². The topological polar surface area (TPSA) is 137 Å². The average Bonchev–Trinajstić information content (AvgIpc) is 3.52. The summed E-state index contributed by atoms with van der Waals surface area (Å²) in [5.74, 6) is 0.0716. The van der Waals surface area contributed by atoms with E-state index in [4.69, 9.17) is 16.2 Å². The van der Waals surface area contributed by atoms with Crippen molar-refractivity contribution < 1.29 is 17.9 Å². The fourth-order valence-electron chi connectivity index (χ4n) is 2.82. The summed E-state index contributed by atoms with van der Waals surface area (Å²) in [5.41, 5.74) is 11.4. The Balaban J connectivity index is 1.64. The van der Waals surface area contributed by atoms with E-state index in [9.17, 15) is 18.4 Å². The van der Waals surface area contributed by atoms with E-state index in [0.717, 1.165) is 18.9 Å². The molecule has 2 heterocycles. The molecule has 0 atom stereocenters. The Kier molecular flexibility index (Phi) is 4.62. The lowest BCUT2D eigenvalue weighted by atomic mass is 10.1. The van der Waals surface area contributed by atoms with Gasteiger partial charge in [0.2, 0.25) is 5.95 Å². The van der Waals surface area contributed by atoms with E-state index >= 15 is 0 Å². The van der Waals surface area contributed by atoms with Crippen LogP contribution >= 0.6 is 0 Å². The maximum atomic E-state index is 13.1. The van der Waals surface area contributed by atoms with Crippen LogP contribution in [0.4, 0.5) is 24.9 Å². The number of alkyl halides is 3. The molecular formula is C19H14F3N7O. The second-order valence-corrected chi connectivity index (χ2v) is 6.66. The van der Waals surface area contributed by atoms with E-state index in [1.165, 1.54) is 12.1 Å². The van der Waals surface area contributed by atoms with Gasteiger partial charge < -0.3 is 16.2 Å². The Morgan fingerprint density at radius 2 is 1.73 bits per heavy atom. The molecule has 4 N–H and O–H groups in total. The standard InChI is InChI=1S/C19H14F3N7O/c20-19(21,22)14-7-13(9-1-2-9)26-18(27-14)30-11-5-3-10(4-6-11)15-12(8-23)16(24)29-17(25)28-15/h3-7,9H,1-2H2,(H4,24,25,28,29). The van der Waals surface area contributed by atoms with Crippen molar-refractivity contribution in [3.63, 3.8) is 0 Å². The van der Waals surface area contributed by atoms with E-state index in [1.54, 1.807) is 12.1 Å². The smallest absolute Gasteiger partial charge is 0.424 e. The highest BCUT2D eigenvalue weighted by atomic mass is 19.4. The number of rotatable bonds is 4. The first-order valence-corrected chi connectivity index (χ1v) is 8.82. The van der Waals surface area contributed by atoms with E-state index in [1.807, 2.05) is 6.07 Å². The summed E-state index contributed by atoms with van der Waals surface area (Å²) in [6, 6.07) is 8.61. The molecule has 4 rings (SSSR count). The molecule has 30 heavy (non-hydrogen) atoms. The number of hydrogen-bond acceptors (Lipinski definition) is 8. The minimum absolute atomic E-state index is 0.00286. The zero-order chi connectivity index (χ0) is 21.5. The van der Waals surface area contributed by atoms with E-state index in [0.29, 0.717) is 11.3 Å². The first-order valence-electron chi connectivity index (χ1n) is 8.82. The third-order valence-electron chi connectivity index (χ3n) is 4.41. The lowest BCUT2D eigenvalue weighted by molar-refractivity contribution is -0.141. The van der Waals surface area contributed by atoms with Gasteiger partial charge in [0.1, 0.15) is 23.2 Å². The summed E-state index contributed by atoms with van der Waals surface area (Å²) >= 11 is 0. The molecule has 1 fully saturated rings. The molecule has 2 aromatic heterocycles. The van der Waals surface area contributed by atoms with E-state index in [2.05, 4.69) is 19.9 Å². The highest BCUT2D eigenvalue weighted by molar-refractivity contribution is 5.73. The predicted molar refractivity (Wildman–Crippen MR) is 100 cm³/mol. The van der Waals surface area contributed by atoms with Crippen LogP contribution in [0.2, 0.25) is 0 Å². The van der Waals surface area contributed by atoms with Crippen LogP contribution < -0.4 is 16.2 Å². The van der Waals surface area contributed by atoms with Gasteiger partial charge in [0.25, 0.3) is 0 Å². The highest BCUT2D eigenvalue weighted by Crippen LogP contribution is 2.41. The summed E-state index contributed by atoms with van der Waals surface area (Å²) in [5, 5.41) is 9.28. The second-order valence-electron chi connectivity index (χ2n) is 6.66. The fraction of sp³-hybridized carbons (Fsp3) is 0.211. The number of nitriles is 1. The van der Waals surface area contributed by atoms with Crippen LogP contribution in [0.1, 0.15) is 35.7 Å². The van der Waals surface area contributed by atoms with Crippen LogP contribution in [0.25, 0.3) is 11.3 Å². The number of halogens is 3. The van der Waals surface area contributed by atoms with Crippen LogP contribution in [0.15, 0.2) is 30.3 Å². The molecule has 3 aromatic rings. The van der Waals surface area contributed by atoms with Crippen LogP contribution in [0.3, 0.4) is 0 Å². The molecule has 8 nitrogen and oxygen atoms in total. The van der Waals surface area contributed by atoms with Gasteiger partial charge in [-0.2, -0.15) is 33.4 Å². The Labute approximate surface area is 168 Å². The van der Waals surface area contributed by atoms with Crippen LogP contribution in [-0.2, 0) is 6.18 Å².